The molecule has 0 bridgehead atoms. The number of halogens is 2. The lowest BCUT2D eigenvalue weighted by atomic mass is 9.85. The fourth-order valence-corrected chi connectivity index (χ4v) is 4.43. The average Bonchev–Trinajstić information content (AvgIpc) is 2.99. The molecule has 1 fully saturated rings. The van der Waals surface area contributed by atoms with Gasteiger partial charge in [0.05, 0.1) is 27.9 Å². The highest BCUT2D eigenvalue weighted by atomic mass is 79.9. The summed E-state index contributed by atoms with van der Waals surface area (Å²) in [6, 6.07) is 7.56. The van der Waals surface area contributed by atoms with Crippen LogP contribution in [-0.2, 0) is 4.79 Å². The summed E-state index contributed by atoms with van der Waals surface area (Å²) in [7, 11) is 0. The van der Waals surface area contributed by atoms with Crippen molar-refractivity contribution in [2.75, 3.05) is 5.32 Å². The number of nitrogens with zero attached hydrogens (tertiary/aromatic N) is 2. The largest absolute Gasteiger partial charge is 0.326 e. The summed E-state index contributed by atoms with van der Waals surface area (Å²) >= 11 is 9.39. The number of aromatic nitrogens is 3. The molecule has 1 aliphatic rings. The molecule has 0 saturated heterocycles. The number of H-pyrrole nitrogens is 1. The van der Waals surface area contributed by atoms with Crippen LogP contribution < -0.4 is 11.0 Å². The molecule has 0 spiro atoms. The Morgan fingerprint density at radius 3 is 2.78 bits per heavy atom. The van der Waals surface area contributed by atoms with Gasteiger partial charge in [-0.05, 0) is 59.8 Å². The summed E-state index contributed by atoms with van der Waals surface area (Å²) in [4.78, 5) is 31.9. The van der Waals surface area contributed by atoms with Crippen molar-refractivity contribution in [3.63, 3.8) is 0 Å². The Morgan fingerprint density at radius 2 is 2.04 bits per heavy atom. The number of aromatic amines is 1. The van der Waals surface area contributed by atoms with E-state index >= 15 is 0 Å². The molecule has 0 unspecified atom stereocenters. The molecule has 2 aromatic heterocycles. The molecule has 1 amide bonds. The van der Waals surface area contributed by atoms with Gasteiger partial charge < -0.3 is 10.3 Å². The van der Waals surface area contributed by atoms with Crippen molar-refractivity contribution in [3.8, 4) is 0 Å². The van der Waals surface area contributed by atoms with Gasteiger partial charge in [0, 0.05) is 22.6 Å². The number of anilines is 1. The fraction of sp³-hybridized carbons (Fsp3) is 0.316. The number of pyridine rings is 1. The summed E-state index contributed by atoms with van der Waals surface area (Å²) in [5.74, 6) is -0.0978. The summed E-state index contributed by atoms with van der Waals surface area (Å²) in [6.45, 7) is 0. The first-order valence-electron chi connectivity index (χ1n) is 8.83. The first kappa shape index (κ1) is 18.3. The van der Waals surface area contributed by atoms with E-state index in [0.717, 1.165) is 41.2 Å². The molecule has 27 heavy (non-hydrogen) atoms. The third-order valence-corrected chi connectivity index (χ3v) is 5.97. The molecular weight excluding hydrogens is 432 g/mol. The molecule has 2 heterocycles. The number of amides is 1. The van der Waals surface area contributed by atoms with Crippen molar-refractivity contribution >= 4 is 50.2 Å². The maximum absolute atomic E-state index is 12.5. The Kier molecular flexibility index (Phi) is 5.06. The molecule has 1 aliphatic carbocycles. The maximum atomic E-state index is 12.5. The van der Waals surface area contributed by atoms with E-state index in [4.69, 9.17) is 11.6 Å². The van der Waals surface area contributed by atoms with E-state index in [1.165, 1.54) is 6.20 Å². The second kappa shape index (κ2) is 7.48. The van der Waals surface area contributed by atoms with Gasteiger partial charge in [0.15, 0.2) is 0 Å². The van der Waals surface area contributed by atoms with Crippen LogP contribution >= 0.6 is 27.5 Å². The van der Waals surface area contributed by atoms with Gasteiger partial charge in [0.2, 0.25) is 5.91 Å². The van der Waals surface area contributed by atoms with Crippen LogP contribution in [-0.4, -0.2) is 20.4 Å². The monoisotopic (exact) mass is 448 g/mol. The number of para-hydroxylation sites is 1. The number of carbonyl (C=O) groups is 1. The van der Waals surface area contributed by atoms with Gasteiger partial charge in [-0.2, -0.15) is 0 Å². The Labute approximate surface area is 169 Å². The second-order valence-electron chi connectivity index (χ2n) is 6.82. The molecule has 8 heteroatoms. The molecule has 0 atom stereocenters. The molecule has 140 valence electrons. The van der Waals surface area contributed by atoms with E-state index in [2.05, 4.69) is 31.2 Å². The van der Waals surface area contributed by atoms with E-state index in [9.17, 15) is 9.59 Å². The predicted molar refractivity (Wildman–Crippen MR) is 109 cm³/mol. The molecular formula is C19H18BrClN4O2. The Hall–Kier alpha value is -2.12. The van der Waals surface area contributed by atoms with Gasteiger partial charge in [-0.3, -0.25) is 14.3 Å². The highest BCUT2D eigenvalue weighted by Gasteiger charge is 2.29. The van der Waals surface area contributed by atoms with Crippen LogP contribution in [0.2, 0.25) is 5.02 Å². The van der Waals surface area contributed by atoms with Crippen LogP contribution in [0, 0.1) is 5.92 Å². The number of hydrogen-bond acceptors (Lipinski definition) is 3. The lowest BCUT2D eigenvalue weighted by molar-refractivity contribution is -0.121. The van der Waals surface area contributed by atoms with Crippen molar-refractivity contribution in [2.24, 2.45) is 5.92 Å². The molecule has 2 N–H and O–H groups in total. The zero-order valence-electron chi connectivity index (χ0n) is 14.4. The summed E-state index contributed by atoms with van der Waals surface area (Å²) in [5.41, 5.74) is 2.21. The minimum Gasteiger partial charge on any atom is -0.324 e. The third-order valence-electron chi connectivity index (χ3n) is 5.11. The van der Waals surface area contributed by atoms with Gasteiger partial charge in [0.1, 0.15) is 0 Å². The topological polar surface area (TPSA) is 79.8 Å². The first-order chi connectivity index (χ1) is 13.0. The van der Waals surface area contributed by atoms with Crippen molar-refractivity contribution in [2.45, 2.75) is 31.7 Å². The SMILES string of the molecule is O=C(Nc1cncc(Cl)c1)C1CCC(n2c(=O)[nH]c3c(Br)cccc32)CC1. The molecule has 0 radical (unpaired) electrons. The minimum absolute atomic E-state index is 0.0217. The normalized spacial score (nSPS) is 19.9. The molecule has 6 nitrogen and oxygen atoms in total. The van der Waals surface area contributed by atoms with Gasteiger partial charge in [-0.15, -0.1) is 0 Å². The lowest BCUT2D eigenvalue weighted by Crippen LogP contribution is -2.31. The van der Waals surface area contributed by atoms with E-state index in [0.29, 0.717) is 10.7 Å². The molecule has 1 aromatic carbocycles. The standard InChI is InChI=1S/C19H18BrClN4O2/c20-15-2-1-3-16-17(15)24-19(27)25(16)14-6-4-11(5-7-14)18(26)23-13-8-12(21)9-22-10-13/h1-3,8-11,14H,4-7H2,(H,23,26)(H,24,27). The van der Waals surface area contributed by atoms with Crippen LogP contribution in [0.15, 0.2) is 45.9 Å². The predicted octanol–water partition coefficient (Wildman–Crippen LogP) is 4.51. The number of carbonyl (C=O) groups excluding carboxylic acids is 1. The Balaban J connectivity index is 1.46. The summed E-state index contributed by atoms with van der Waals surface area (Å²) in [6.07, 6.45) is 6.14. The highest BCUT2D eigenvalue weighted by Crippen LogP contribution is 2.34. The lowest BCUT2D eigenvalue weighted by Gasteiger charge is -2.28. The van der Waals surface area contributed by atoms with E-state index in [-0.39, 0.29) is 23.6 Å². The number of nitrogens with one attached hydrogen (secondary N) is 2. The molecule has 3 aromatic rings. The van der Waals surface area contributed by atoms with Crippen molar-refractivity contribution in [1.29, 1.82) is 0 Å². The number of benzene rings is 1. The highest BCUT2D eigenvalue weighted by molar-refractivity contribution is 9.10. The number of rotatable bonds is 3. The first-order valence-corrected chi connectivity index (χ1v) is 10.00. The summed E-state index contributed by atoms with van der Waals surface area (Å²) in [5, 5.41) is 3.37. The van der Waals surface area contributed by atoms with E-state index in [1.54, 1.807) is 12.3 Å². The van der Waals surface area contributed by atoms with E-state index in [1.807, 2.05) is 22.8 Å². The van der Waals surface area contributed by atoms with Crippen molar-refractivity contribution in [1.82, 2.24) is 14.5 Å². The second-order valence-corrected chi connectivity index (χ2v) is 8.11. The third kappa shape index (κ3) is 3.66. The van der Waals surface area contributed by atoms with Gasteiger partial charge >= 0.3 is 5.69 Å². The number of imidazole rings is 1. The van der Waals surface area contributed by atoms with Crippen molar-refractivity contribution in [3.05, 3.63) is 56.6 Å². The number of fused-ring (bicyclic) bond motifs is 1. The van der Waals surface area contributed by atoms with Gasteiger partial charge in [-0.1, -0.05) is 17.7 Å². The van der Waals surface area contributed by atoms with Gasteiger partial charge in [-0.25, -0.2) is 4.79 Å². The van der Waals surface area contributed by atoms with Crippen LogP contribution in [0.5, 0.6) is 0 Å². The smallest absolute Gasteiger partial charge is 0.324 e. The number of hydrogen-bond donors (Lipinski definition) is 2. The quantitative estimate of drug-likeness (QED) is 0.617. The zero-order valence-corrected chi connectivity index (χ0v) is 16.8. The van der Waals surface area contributed by atoms with Crippen LogP contribution in [0.25, 0.3) is 11.0 Å². The van der Waals surface area contributed by atoms with Crippen LogP contribution in [0.4, 0.5) is 5.69 Å². The zero-order chi connectivity index (χ0) is 19.0. The molecule has 0 aliphatic heterocycles. The molecule has 1 saturated carbocycles. The fourth-order valence-electron chi connectivity index (χ4n) is 3.80. The van der Waals surface area contributed by atoms with Crippen molar-refractivity contribution < 1.29 is 4.79 Å². The maximum Gasteiger partial charge on any atom is 0.326 e. The van der Waals surface area contributed by atoms with E-state index < -0.39 is 0 Å². The average molecular weight is 450 g/mol. The van der Waals surface area contributed by atoms with Crippen LogP contribution in [0.3, 0.4) is 0 Å². The van der Waals surface area contributed by atoms with Crippen LogP contribution in [0.1, 0.15) is 31.7 Å². The minimum atomic E-state index is -0.102. The van der Waals surface area contributed by atoms with Gasteiger partial charge in [0.25, 0.3) is 0 Å². The molecule has 4 rings (SSSR count). The Bertz CT molecular complexity index is 1050. The summed E-state index contributed by atoms with van der Waals surface area (Å²) < 4.78 is 2.70. The Morgan fingerprint density at radius 1 is 1.26 bits per heavy atom.